The molecule has 4 nitrogen and oxygen atoms in total. The molecule has 4 heteroatoms. The fraction of sp³-hybridized carbons (Fsp3) is 0.636. The van der Waals surface area contributed by atoms with E-state index in [9.17, 15) is 0 Å². The normalized spacial score (nSPS) is 10.3. The molecule has 0 aliphatic carbocycles. The molecular weight excluding hydrogens is 188 g/mol. The average molecular weight is 208 g/mol. The summed E-state index contributed by atoms with van der Waals surface area (Å²) in [5.74, 6) is 2.29. The maximum Gasteiger partial charge on any atom is 0.134 e. The summed E-state index contributed by atoms with van der Waals surface area (Å²) in [6.07, 6.45) is 3.17. The summed E-state index contributed by atoms with van der Waals surface area (Å²) < 4.78 is 0. The number of aryl methyl sites for hydroxylation is 1. The van der Waals surface area contributed by atoms with Crippen molar-refractivity contribution in [2.24, 2.45) is 0 Å². The summed E-state index contributed by atoms with van der Waals surface area (Å²) in [4.78, 5) is 10.7. The van der Waals surface area contributed by atoms with E-state index in [1.54, 1.807) is 0 Å². The predicted molar refractivity (Wildman–Crippen MR) is 64.0 cm³/mol. The number of rotatable bonds is 5. The van der Waals surface area contributed by atoms with Crippen LogP contribution in [0.3, 0.4) is 0 Å². The third kappa shape index (κ3) is 3.38. The van der Waals surface area contributed by atoms with Gasteiger partial charge in [0.1, 0.15) is 17.5 Å². The van der Waals surface area contributed by atoms with Gasteiger partial charge in [0.2, 0.25) is 0 Å². The van der Waals surface area contributed by atoms with Crippen molar-refractivity contribution >= 4 is 11.6 Å². The van der Waals surface area contributed by atoms with Crippen molar-refractivity contribution in [3.8, 4) is 0 Å². The van der Waals surface area contributed by atoms with E-state index in [-0.39, 0.29) is 0 Å². The molecule has 0 saturated heterocycles. The van der Waals surface area contributed by atoms with Gasteiger partial charge in [-0.05, 0) is 6.42 Å². The fourth-order valence-corrected chi connectivity index (χ4v) is 1.37. The molecule has 0 amide bonds. The molecule has 0 bridgehead atoms. The van der Waals surface area contributed by atoms with Crippen molar-refractivity contribution in [2.75, 3.05) is 24.2 Å². The molecule has 0 aromatic carbocycles. The van der Waals surface area contributed by atoms with Gasteiger partial charge >= 0.3 is 0 Å². The lowest BCUT2D eigenvalue weighted by atomic mass is 10.3. The van der Waals surface area contributed by atoms with Gasteiger partial charge < -0.3 is 10.6 Å². The molecule has 2 N–H and O–H groups in total. The Bertz CT molecular complexity index is 311. The highest BCUT2D eigenvalue weighted by Crippen LogP contribution is 2.13. The Kier molecular flexibility index (Phi) is 4.34. The van der Waals surface area contributed by atoms with Gasteiger partial charge in [0.05, 0.1) is 0 Å². The van der Waals surface area contributed by atoms with Gasteiger partial charge in [0, 0.05) is 26.1 Å². The molecule has 1 aromatic heterocycles. The van der Waals surface area contributed by atoms with Crippen LogP contribution in [0.2, 0.25) is 0 Å². The van der Waals surface area contributed by atoms with Crippen molar-refractivity contribution in [2.45, 2.75) is 33.1 Å². The lowest BCUT2D eigenvalue weighted by Crippen LogP contribution is -2.20. The Labute approximate surface area is 91.5 Å². The fourth-order valence-electron chi connectivity index (χ4n) is 1.37. The van der Waals surface area contributed by atoms with E-state index in [4.69, 9.17) is 5.73 Å². The Morgan fingerprint density at radius 1 is 1.33 bits per heavy atom. The number of aromatic nitrogens is 2. The molecule has 0 radical (unpaired) electrons. The summed E-state index contributed by atoms with van der Waals surface area (Å²) >= 11 is 0. The highest BCUT2D eigenvalue weighted by Gasteiger charge is 2.05. The molecular formula is C11H20N4. The van der Waals surface area contributed by atoms with Crippen LogP contribution in [0.25, 0.3) is 0 Å². The summed E-state index contributed by atoms with van der Waals surface area (Å²) in [7, 11) is 2.04. The molecule has 0 spiro atoms. The minimum Gasteiger partial charge on any atom is -0.384 e. The lowest BCUT2D eigenvalue weighted by Gasteiger charge is -2.18. The maximum atomic E-state index is 5.72. The standard InChI is InChI=1S/C11H20N4/c1-4-6-7-15(3)11-8-9(12)13-10(5-2)14-11/h8H,4-7H2,1-3H3,(H2,12,13,14). The summed E-state index contributed by atoms with van der Waals surface area (Å²) in [6, 6.07) is 1.83. The quantitative estimate of drug-likeness (QED) is 0.802. The molecule has 0 aliphatic heterocycles. The zero-order valence-corrected chi connectivity index (χ0v) is 9.82. The van der Waals surface area contributed by atoms with E-state index in [1.807, 2.05) is 20.0 Å². The molecule has 0 saturated carbocycles. The van der Waals surface area contributed by atoms with Crippen molar-refractivity contribution in [1.29, 1.82) is 0 Å². The topological polar surface area (TPSA) is 55.0 Å². The van der Waals surface area contributed by atoms with Crippen molar-refractivity contribution < 1.29 is 0 Å². The molecule has 0 fully saturated rings. The van der Waals surface area contributed by atoms with Gasteiger partial charge in [0.15, 0.2) is 0 Å². The Morgan fingerprint density at radius 3 is 2.67 bits per heavy atom. The maximum absolute atomic E-state index is 5.72. The second kappa shape index (κ2) is 5.53. The van der Waals surface area contributed by atoms with E-state index in [0.717, 1.165) is 24.6 Å². The predicted octanol–water partition coefficient (Wildman–Crippen LogP) is 1.86. The molecule has 0 aliphatic rings. The average Bonchev–Trinajstić information content (AvgIpc) is 2.24. The number of anilines is 2. The van der Waals surface area contributed by atoms with E-state index in [0.29, 0.717) is 5.82 Å². The Morgan fingerprint density at radius 2 is 2.07 bits per heavy atom. The molecule has 0 unspecified atom stereocenters. The van der Waals surface area contributed by atoms with Gasteiger partial charge in [-0.15, -0.1) is 0 Å². The minimum absolute atomic E-state index is 0.556. The van der Waals surface area contributed by atoms with E-state index in [2.05, 4.69) is 21.8 Å². The van der Waals surface area contributed by atoms with Crippen LogP contribution in [-0.4, -0.2) is 23.6 Å². The third-order valence-corrected chi connectivity index (χ3v) is 2.33. The minimum atomic E-state index is 0.556. The summed E-state index contributed by atoms with van der Waals surface area (Å²) in [6.45, 7) is 5.22. The molecule has 15 heavy (non-hydrogen) atoms. The zero-order valence-electron chi connectivity index (χ0n) is 9.82. The van der Waals surface area contributed by atoms with Crippen LogP contribution in [-0.2, 0) is 6.42 Å². The lowest BCUT2D eigenvalue weighted by molar-refractivity contribution is 0.754. The first-order chi connectivity index (χ1) is 7.17. The van der Waals surface area contributed by atoms with Gasteiger partial charge in [-0.1, -0.05) is 20.3 Å². The van der Waals surface area contributed by atoms with E-state index >= 15 is 0 Å². The van der Waals surface area contributed by atoms with Gasteiger partial charge in [0.25, 0.3) is 0 Å². The molecule has 1 heterocycles. The summed E-state index contributed by atoms with van der Waals surface area (Å²) in [5, 5.41) is 0. The van der Waals surface area contributed by atoms with Crippen LogP contribution in [0.15, 0.2) is 6.07 Å². The largest absolute Gasteiger partial charge is 0.384 e. The van der Waals surface area contributed by atoms with Crippen molar-refractivity contribution in [1.82, 2.24) is 9.97 Å². The number of hydrogen-bond donors (Lipinski definition) is 1. The highest BCUT2D eigenvalue weighted by atomic mass is 15.2. The first-order valence-corrected chi connectivity index (χ1v) is 5.52. The number of nitrogens with two attached hydrogens (primary N) is 1. The SMILES string of the molecule is CCCCN(C)c1cc(N)nc(CC)n1. The van der Waals surface area contributed by atoms with Crippen LogP contribution in [0.5, 0.6) is 0 Å². The first kappa shape index (κ1) is 11.8. The number of nitrogen functional groups attached to an aromatic ring is 1. The number of nitrogens with zero attached hydrogens (tertiary/aromatic N) is 3. The second-order valence-corrected chi connectivity index (χ2v) is 3.70. The van der Waals surface area contributed by atoms with Gasteiger partial charge in [-0.2, -0.15) is 0 Å². The monoisotopic (exact) mass is 208 g/mol. The van der Waals surface area contributed by atoms with E-state index in [1.165, 1.54) is 12.8 Å². The second-order valence-electron chi connectivity index (χ2n) is 3.70. The Balaban J connectivity index is 2.78. The molecule has 1 rings (SSSR count). The first-order valence-electron chi connectivity index (χ1n) is 5.52. The van der Waals surface area contributed by atoms with Crippen LogP contribution in [0, 0.1) is 0 Å². The van der Waals surface area contributed by atoms with Gasteiger partial charge in [-0.25, -0.2) is 9.97 Å². The van der Waals surface area contributed by atoms with Crippen LogP contribution < -0.4 is 10.6 Å². The smallest absolute Gasteiger partial charge is 0.134 e. The van der Waals surface area contributed by atoms with Crippen LogP contribution >= 0.6 is 0 Å². The molecule has 1 aromatic rings. The van der Waals surface area contributed by atoms with Crippen molar-refractivity contribution in [3.63, 3.8) is 0 Å². The van der Waals surface area contributed by atoms with Crippen molar-refractivity contribution in [3.05, 3.63) is 11.9 Å². The highest BCUT2D eigenvalue weighted by molar-refractivity contribution is 5.46. The molecule has 0 atom stereocenters. The van der Waals surface area contributed by atoms with E-state index < -0.39 is 0 Å². The van der Waals surface area contributed by atoms with Crippen LogP contribution in [0.4, 0.5) is 11.6 Å². The van der Waals surface area contributed by atoms with Gasteiger partial charge in [-0.3, -0.25) is 0 Å². The molecule has 84 valence electrons. The zero-order chi connectivity index (χ0) is 11.3. The van der Waals surface area contributed by atoms with Crippen LogP contribution in [0.1, 0.15) is 32.5 Å². The Hall–Kier alpha value is -1.32. The third-order valence-electron chi connectivity index (χ3n) is 2.33. The number of hydrogen-bond acceptors (Lipinski definition) is 4. The summed E-state index contributed by atoms with van der Waals surface area (Å²) in [5.41, 5.74) is 5.72. The number of unbranched alkanes of at least 4 members (excludes halogenated alkanes) is 1.